The SMILES string of the molecule is CN=C(NCCCOCCOC)NCc1ccc(COC)cc1.I. The summed E-state index contributed by atoms with van der Waals surface area (Å²) in [5.41, 5.74) is 2.38. The highest BCUT2D eigenvalue weighted by molar-refractivity contribution is 14.0. The van der Waals surface area contributed by atoms with Gasteiger partial charge in [-0.1, -0.05) is 24.3 Å². The van der Waals surface area contributed by atoms with Gasteiger partial charge in [0.05, 0.1) is 19.8 Å². The fourth-order valence-electron chi connectivity index (χ4n) is 1.95. The normalized spacial score (nSPS) is 11.0. The second-order valence-corrected chi connectivity index (χ2v) is 5.06. The van der Waals surface area contributed by atoms with Crippen molar-refractivity contribution in [3.63, 3.8) is 0 Å². The predicted molar refractivity (Wildman–Crippen MR) is 108 cm³/mol. The van der Waals surface area contributed by atoms with Crippen molar-refractivity contribution in [2.45, 2.75) is 19.6 Å². The van der Waals surface area contributed by atoms with E-state index in [1.807, 2.05) is 0 Å². The van der Waals surface area contributed by atoms with E-state index in [1.165, 1.54) is 11.1 Å². The Labute approximate surface area is 162 Å². The lowest BCUT2D eigenvalue weighted by Gasteiger charge is -2.12. The summed E-state index contributed by atoms with van der Waals surface area (Å²) in [5.74, 6) is 0.794. The summed E-state index contributed by atoms with van der Waals surface area (Å²) >= 11 is 0. The molecule has 1 aromatic rings. The van der Waals surface area contributed by atoms with Crippen molar-refractivity contribution >= 4 is 29.9 Å². The predicted octanol–water partition coefficient (Wildman–Crippen LogP) is 2.17. The van der Waals surface area contributed by atoms with Crippen molar-refractivity contribution in [3.05, 3.63) is 35.4 Å². The van der Waals surface area contributed by atoms with Gasteiger partial charge < -0.3 is 24.8 Å². The van der Waals surface area contributed by atoms with Gasteiger partial charge in [-0.25, -0.2) is 0 Å². The molecule has 24 heavy (non-hydrogen) atoms. The molecule has 0 saturated heterocycles. The zero-order valence-corrected chi connectivity index (χ0v) is 17.2. The number of rotatable bonds is 11. The molecule has 0 aliphatic heterocycles. The highest BCUT2D eigenvalue weighted by Crippen LogP contribution is 2.05. The molecule has 0 amide bonds. The number of methoxy groups -OCH3 is 2. The second kappa shape index (κ2) is 15.6. The van der Waals surface area contributed by atoms with E-state index in [2.05, 4.69) is 39.9 Å². The van der Waals surface area contributed by atoms with Gasteiger partial charge >= 0.3 is 0 Å². The van der Waals surface area contributed by atoms with E-state index in [1.54, 1.807) is 21.3 Å². The van der Waals surface area contributed by atoms with E-state index in [4.69, 9.17) is 14.2 Å². The minimum Gasteiger partial charge on any atom is -0.382 e. The van der Waals surface area contributed by atoms with E-state index in [9.17, 15) is 0 Å². The average Bonchev–Trinajstić information content (AvgIpc) is 2.58. The monoisotopic (exact) mass is 451 g/mol. The molecule has 0 saturated carbocycles. The molecule has 0 aliphatic carbocycles. The number of nitrogens with zero attached hydrogens (tertiary/aromatic N) is 1. The van der Waals surface area contributed by atoms with Crippen LogP contribution >= 0.6 is 24.0 Å². The summed E-state index contributed by atoms with van der Waals surface area (Å²) < 4.78 is 15.4. The molecule has 0 aromatic heterocycles. The fraction of sp³-hybridized carbons (Fsp3) is 0.588. The third kappa shape index (κ3) is 10.8. The van der Waals surface area contributed by atoms with E-state index in [0.29, 0.717) is 26.4 Å². The molecule has 2 N–H and O–H groups in total. The average molecular weight is 451 g/mol. The molecule has 0 bridgehead atoms. The molecule has 0 aliphatic rings. The van der Waals surface area contributed by atoms with Gasteiger partial charge in [-0.15, -0.1) is 24.0 Å². The minimum absolute atomic E-state index is 0. The van der Waals surface area contributed by atoms with Crippen LogP contribution < -0.4 is 10.6 Å². The van der Waals surface area contributed by atoms with Crippen LogP contribution in [-0.4, -0.2) is 53.6 Å². The first-order valence-corrected chi connectivity index (χ1v) is 7.88. The topological polar surface area (TPSA) is 64.1 Å². The third-order valence-corrected chi connectivity index (χ3v) is 3.21. The van der Waals surface area contributed by atoms with Crippen molar-refractivity contribution < 1.29 is 14.2 Å². The lowest BCUT2D eigenvalue weighted by Crippen LogP contribution is -2.37. The molecular weight excluding hydrogens is 421 g/mol. The van der Waals surface area contributed by atoms with E-state index in [0.717, 1.165) is 25.5 Å². The Morgan fingerprint density at radius 2 is 1.67 bits per heavy atom. The number of aliphatic imine (C=N–C) groups is 1. The maximum Gasteiger partial charge on any atom is 0.191 e. The third-order valence-electron chi connectivity index (χ3n) is 3.21. The van der Waals surface area contributed by atoms with Crippen molar-refractivity contribution in [2.75, 3.05) is 47.6 Å². The van der Waals surface area contributed by atoms with Gasteiger partial charge in [-0.3, -0.25) is 4.99 Å². The smallest absolute Gasteiger partial charge is 0.191 e. The fourth-order valence-corrected chi connectivity index (χ4v) is 1.95. The molecule has 1 rings (SSSR count). The molecule has 6 nitrogen and oxygen atoms in total. The van der Waals surface area contributed by atoms with E-state index in [-0.39, 0.29) is 24.0 Å². The molecular formula is C17H30IN3O3. The Bertz CT molecular complexity index is 441. The van der Waals surface area contributed by atoms with E-state index >= 15 is 0 Å². The molecule has 7 heteroatoms. The first-order valence-electron chi connectivity index (χ1n) is 7.88. The Hall–Kier alpha value is -0.900. The first-order chi connectivity index (χ1) is 11.3. The zero-order valence-electron chi connectivity index (χ0n) is 14.8. The van der Waals surface area contributed by atoms with Crippen LogP contribution in [0.3, 0.4) is 0 Å². The summed E-state index contributed by atoms with van der Waals surface area (Å²) in [6.45, 7) is 4.19. The molecule has 0 atom stereocenters. The van der Waals surface area contributed by atoms with Crippen LogP contribution in [0, 0.1) is 0 Å². The Kier molecular flexibility index (Phi) is 15.0. The van der Waals surface area contributed by atoms with Crippen LogP contribution in [-0.2, 0) is 27.4 Å². The van der Waals surface area contributed by atoms with Crippen molar-refractivity contribution in [1.29, 1.82) is 0 Å². The van der Waals surface area contributed by atoms with E-state index < -0.39 is 0 Å². The lowest BCUT2D eigenvalue weighted by molar-refractivity contribution is 0.0698. The quantitative estimate of drug-likeness (QED) is 0.234. The number of hydrogen-bond acceptors (Lipinski definition) is 4. The highest BCUT2D eigenvalue weighted by atomic mass is 127. The molecule has 1 aromatic carbocycles. The standard InChI is InChI=1S/C17H29N3O3.HI/c1-18-17(19-9-4-10-23-12-11-21-2)20-13-15-5-7-16(8-6-15)14-22-3;/h5-8H,4,9-14H2,1-3H3,(H2,18,19,20);1H. The van der Waals surface area contributed by atoms with Crippen molar-refractivity contribution in [3.8, 4) is 0 Å². The molecule has 0 spiro atoms. The Morgan fingerprint density at radius 1 is 0.958 bits per heavy atom. The number of nitrogens with one attached hydrogen (secondary N) is 2. The molecule has 0 fully saturated rings. The van der Waals surface area contributed by atoms with Gasteiger partial charge in [-0.2, -0.15) is 0 Å². The van der Waals surface area contributed by atoms with Crippen LogP contribution in [0.1, 0.15) is 17.5 Å². The summed E-state index contributed by atoms with van der Waals surface area (Å²) in [5, 5.41) is 6.57. The van der Waals surface area contributed by atoms with Crippen LogP contribution in [0.25, 0.3) is 0 Å². The first kappa shape index (κ1) is 23.1. The van der Waals surface area contributed by atoms with Crippen molar-refractivity contribution in [2.24, 2.45) is 4.99 Å². The highest BCUT2D eigenvalue weighted by Gasteiger charge is 1.99. The number of benzene rings is 1. The second-order valence-electron chi connectivity index (χ2n) is 5.06. The van der Waals surface area contributed by atoms with Crippen LogP contribution in [0.4, 0.5) is 0 Å². The lowest BCUT2D eigenvalue weighted by atomic mass is 10.1. The zero-order chi connectivity index (χ0) is 16.8. The van der Waals surface area contributed by atoms with Gasteiger partial charge in [0.1, 0.15) is 0 Å². The number of ether oxygens (including phenoxy) is 3. The van der Waals surface area contributed by atoms with Crippen LogP contribution in [0.15, 0.2) is 29.3 Å². The summed E-state index contributed by atoms with van der Waals surface area (Å²) in [4.78, 5) is 4.21. The van der Waals surface area contributed by atoms with Gasteiger partial charge in [0.15, 0.2) is 5.96 Å². The number of guanidine groups is 1. The number of hydrogen-bond donors (Lipinski definition) is 2. The minimum atomic E-state index is 0. The maximum atomic E-state index is 5.41. The van der Waals surface area contributed by atoms with Crippen molar-refractivity contribution in [1.82, 2.24) is 10.6 Å². The Balaban J connectivity index is 0.00000529. The van der Waals surface area contributed by atoms with Gasteiger partial charge in [-0.05, 0) is 17.5 Å². The largest absolute Gasteiger partial charge is 0.382 e. The van der Waals surface area contributed by atoms with Crippen LogP contribution in [0.5, 0.6) is 0 Å². The molecule has 0 radical (unpaired) electrons. The van der Waals surface area contributed by atoms with Crippen LogP contribution in [0.2, 0.25) is 0 Å². The Morgan fingerprint density at radius 3 is 2.29 bits per heavy atom. The molecule has 0 heterocycles. The summed E-state index contributed by atoms with van der Waals surface area (Å²) in [7, 11) is 5.14. The van der Waals surface area contributed by atoms with Gasteiger partial charge in [0.25, 0.3) is 0 Å². The van der Waals surface area contributed by atoms with Gasteiger partial charge in [0.2, 0.25) is 0 Å². The molecule has 0 unspecified atom stereocenters. The summed E-state index contributed by atoms with van der Waals surface area (Å²) in [6.07, 6.45) is 0.927. The maximum absolute atomic E-state index is 5.41. The number of halogens is 1. The molecule has 138 valence electrons. The van der Waals surface area contributed by atoms with Gasteiger partial charge in [0, 0.05) is 41.0 Å². The summed E-state index contributed by atoms with van der Waals surface area (Å²) in [6, 6.07) is 8.35.